The van der Waals surface area contributed by atoms with Crippen LogP contribution >= 0.6 is 0 Å². The van der Waals surface area contributed by atoms with E-state index in [0.29, 0.717) is 5.92 Å². The minimum atomic E-state index is 0.214. The van der Waals surface area contributed by atoms with Gasteiger partial charge in [-0.15, -0.1) is 0 Å². The van der Waals surface area contributed by atoms with E-state index in [1.165, 1.54) is 24.1 Å². The van der Waals surface area contributed by atoms with Crippen molar-refractivity contribution < 1.29 is 0 Å². The second kappa shape index (κ2) is 5.31. The van der Waals surface area contributed by atoms with Crippen molar-refractivity contribution in [3.63, 3.8) is 0 Å². The molecule has 1 fully saturated rings. The van der Waals surface area contributed by atoms with Crippen molar-refractivity contribution in [2.45, 2.75) is 45.6 Å². The lowest BCUT2D eigenvalue weighted by molar-refractivity contribution is 0.227. The molecule has 1 aliphatic rings. The third-order valence-electron chi connectivity index (χ3n) is 4.46. The Bertz CT molecular complexity index is 396. The molecular weight excluding hydrogens is 220 g/mol. The zero-order valence-electron chi connectivity index (χ0n) is 11.9. The topological polar surface area (TPSA) is 29.3 Å². The van der Waals surface area contributed by atoms with E-state index >= 15 is 0 Å². The molecule has 1 aromatic carbocycles. The van der Waals surface area contributed by atoms with Crippen LogP contribution in [0.25, 0.3) is 0 Å². The van der Waals surface area contributed by atoms with E-state index in [0.717, 1.165) is 19.5 Å². The largest absolute Gasteiger partial charge is 0.366 e. The molecule has 2 N–H and O–H groups in total. The average molecular weight is 246 g/mol. The molecule has 0 aliphatic carbocycles. The smallest absolute Gasteiger partial charge is 0.0374 e. The summed E-state index contributed by atoms with van der Waals surface area (Å²) in [6, 6.07) is 8.86. The van der Waals surface area contributed by atoms with Crippen molar-refractivity contribution in [2.24, 2.45) is 11.7 Å². The number of rotatable bonds is 3. The van der Waals surface area contributed by atoms with Crippen molar-refractivity contribution >= 4 is 5.69 Å². The number of benzene rings is 1. The average Bonchev–Trinajstić information content (AvgIpc) is 2.31. The summed E-state index contributed by atoms with van der Waals surface area (Å²) in [4.78, 5) is 2.57. The molecule has 18 heavy (non-hydrogen) atoms. The summed E-state index contributed by atoms with van der Waals surface area (Å²) in [5, 5.41) is 0. The number of nitrogens with zero attached hydrogens (tertiary/aromatic N) is 1. The maximum absolute atomic E-state index is 5.77. The van der Waals surface area contributed by atoms with Crippen LogP contribution in [0.2, 0.25) is 0 Å². The monoisotopic (exact) mass is 246 g/mol. The van der Waals surface area contributed by atoms with Gasteiger partial charge in [-0.05, 0) is 70.2 Å². The van der Waals surface area contributed by atoms with Gasteiger partial charge in [0.2, 0.25) is 0 Å². The normalized spacial score (nSPS) is 23.1. The van der Waals surface area contributed by atoms with E-state index in [-0.39, 0.29) is 5.54 Å². The van der Waals surface area contributed by atoms with E-state index in [9.17, 15) is 0 Å². The Kier molecular flexibility index (Phi) is 3.96. The molecule has 1 unspecified atom stereocenters. The second-order valence-corrected chi connectivity index (χ2v) is 6.06. The number of hydrogen-bond donors (Lipinski definition) is 1. The number of nitrogens with two attached hydrogens (primary N) is 1. The molecule has 0 amide bonds. The first-order chi connectivity index (χ1) is 8.55. The van der Waals surface area contributed by atoms with E-state index in [1.807, 2.05) is 0 Å². The highest BCUT2D eigenvalue weighted by Crippen LogP contribution is 2.38. The third kappa shape index (κ3) is 2.54. The number of anilines is 1. The van der Waals surface area contributed by atoms with Gasteiger partial charge in [0.1, 0.15) is 0 Å². The van der Waals surface area contributed by atoms with E-state index in [4.69, 9.17) is 5.73 Å². The predicted octanol–water partition coefficient (Wildman–Crippen LogP) is 3.34. The molecule has 0 saturated carbocycles. The lowest BCUT2D eigenvalue weighted by atomic mass is 9.77. The minimum absolute atomic E-state index is 0.214. The van der Waals surface area contributed by atoms with Crippen LogP contribution in [0.5, 0.6) is 0 Å². The maximum Gasteiger partial charge on any atom is 0.0374 e. The first kappa shape index (κ1) is 13.4. The summed E-state index contributed by atoms with van der Waals surface area (Å²) in [6.07, 6.45) is 3.73. The molecule has 0 spiro atoms. The first-order valence-electron chi connectivity index (χ1n) is 7.10. The molecule has 100 valence electrons. The summed E-state index contributed by atoms with van der Waals surface area (Å²) < 4.78 is 0. The fourth-order valence-corrected chi connectivity index (χ4v) is 3.31. The van der Waals surface area contributed by atoms with Gasteiger partial charge in [-0.1, -0.05) is 12.1 Å². The highest BCUT2D eigenvalue weighted by molar-refractivity contribution is 5.51. The quantitative estimate of drug-likeness (QED) is 0.886. The molecule has 0 radical (unpaired) electrons. The Morgan fingerprint density at radius 2 is 2.17 bits per heavy atom. The molecule has 1 atom stereocenters. The van der Waals surface area contributed by atoms with Gasteiger partial charge >= 0.3 is 0 Å². The van der Waals surface area contributed by atoms with Gasteiger partial charge in [0, 0.05) is 17.8 Å². The summed E-state index contributed by atoms with van der Waals surface area (Å²) in [5.74, 6) is 0.705. The zero-order valence-corrected chi connectivity index (χ0v) is 11.9. The molecule has 0 aromatic heterocycles. The van der Waals surface area contributed by atoms with E-state index in [2.05, 4.69) is 49.9 Å². The Hall–Kier alpha value is -1.02. The molecule has 2 heteroatoms. The lowest BCUT2D eigenvalue weighted by Gasteiger charge is -2.49. The Labute approximate surface area is 111 Å². The van der Waals surface area contributed by atoms with Crippen LogP contribution in [0.4, 0.5) is 5.69 Å². The Balaban J connectivity index is 2.26. The number of aryl methyl sites for hydroxylation is 1. The fourth-order valence-electron chi connectivity index (χ4n) is 3.31. The summed E-state index contributed by atoms with van der Waals surface area (Å²) in [5.41, 5.74) is 8.68. The Morgan fingerprint density at radius 3 is 2.83 bits per heavy atom. The summed E-state index contributed by atoms with van der Waals surface area (Å²) in [6.45, 7) is 8.87. The fraction of sp³-hybridized carbons (Fsp3) is 0.625. The van der Waals surface area contributed by atoms with Crippen LogP contribution in [0.3, 0.4) is 0 Å². The van der Waals surface area contributed by atoms with Gasteiger partial charge in [-0.25, -0.2) is 0 Å². The van der Waals surface area contributed by atoms with Crippen LogP contribution in [0, 0.1) is 12.8 Å². The predicted molar refractivity (Wildman–Crippen MR) is 79.0 cm³/mol. The van der Waals surface area contributed by atoms with Crippen molar-refractivity contribution in [3.8, 4) is 0 Å². The van der Waals surface area contributed by atoms with Crippen molar-refractivity contribution in [1.82, 2.24) is 0 Å². The standard InChI is InChI=1S/C16H26N2/c1-13-6-4-8-15(12-13)18-11-5-7-14(9-10-17)16(18,2)3/h4,6,8,12,14H,5,7,9-11,17H2,1-3H3. The van der Waals surface area contributed by atoms with Gasteiger partial charge in [-0.3, -0.25) is 0 Å². The van der Waals surface area contributed by atoms with Crippen LogP contribution in [-0.2, 0) is 0 Å². The van der Waals surface area contributed by atoms with Gasteiger partial charge in [0.15, 0.2) is 0 Å². The number of hydrogen-bond acceptors (Lipinski definition) is 2. The second-order valence-electron chi connectivity index (χ2n) is 6.06. The van der Waals surface area contributed by atoms with Gasteiger partial charge in [-0.2, -0.15) is 0 Å². The molecule has 2 rings (SSSR count). The molecule has 0 bridgehead atoms. The van der Waals surface area contributed by atoms with E-state index in [1.54, 1.807) is 0 Å². The zero-order chi connectivity index (χ0) is 13.2. The molecule has 1 aliphatic heterocycles. The van der Waals surface area contributed by atoms with Gasteiger partial charge in [0.05, 0.1) is 0 Å². The maximum atomic E-state index is 5.77. The summed E-state index contributed by atoms with van der Waals surface area (Å²) >= 11 is 0. The van der Waals surface area contributed by atoms with Gasteiger partial charge in [0.25, 0.3) is 0 Å². The molecule has 1 saturated heterocycles. The van der Waals surface area contributed by atoms with Crippen molar-refractivity contribution in [2.75, 3.05) is 18.0 Å². The van der Waals surface area contributed by atoms with E-state index < -0.39 is 0 Å². The highest BCUT2D eigenvalue weighted by atomic mass is 15.2. The minimum Gasteiger partial charge on any atom is -0.366 e. The van der Waals surface area contributed by atoms with Crippen molar-refractivity contribution in [1.29, 1.82) is 0 Å². The molecule has 1 aromatic rings. The number of piperidine rings is 1. The molecule has 1 heterocycles. The molecule has 2 nitrogen and oxygen atoms in total. The van der Waals surface area contributed by atoms with Gasteiger partial charge < -0.3 is 10.6 Å². The lowest BCUT2D eigenvalue weighted by Crippen LogP contribution is -2.54. The Morgan fingerprint density at radius 1 is 1.39 bits per heavy atom. The van der Waals surface area contributed by atoms with Crippen LogP contribution in [0.15, 0.2) is 24.3 Å². The van der Waals surface area contributed by atoms with Crippen LogP contribution in [-0.4, -0.2) is 18.6 Å². The van der Waals surface area contributed by atoms with Crippen LogP contribution in [0.1, 0.15) is 38.7 Å². The SMILES string of the molecule is Cc1cccc(N2CCCC(CCN)C2(C)C)c1. The third-order valence-corrected chi connectivity index (χ3v) is 4.46. The first-order valence-corrected chi connectivity index (χ1v) is 7.10. The van der Waals surface area contributed by atoms with Crippen molar-refractivity contribution in [3.05, 3.63) is 29.8 Å². The molecular formula is C16H26N2. The van der Waals surface area contributed by atoms with Crippen LogP contribution < -0.4 is 10.6 Å². The summed E-state index contributed by atoms with van der Waals surface area (Å²) in [7, 11) is 0. The highest BCUT2D eigenvalue weighted by Gasteiger charge is 2.37.